The first-order valence-electron chi connectivity index (χ1n) is 16.4. The molecule has 3 N–H and O–H groups in total. The molecule has 4 aromatic rings. The summed E-state index contributed by atoms with van der Waals surface area (Å²) >= 11 is 0. The van der Waals surface area contributed by atoms with Crippen LogP contribution in [0.5, 0.6) is 0 Å². The molecular weight excluding hydrogens is 595 g/mol. The van der Waals surface area contributed by atoms with Crippen molar-refractivity contribution in [1.29, 1.82) is 0 Å². The summed E-state index contributed by atoms with van der Waals surface area (Å²) in [5, 5.41) is 38.2. The number of aliphatic hydroxyl groups excluding tert-OH is 2. The molecule has 244 valence electrons. The second-order valence-electron chi connectivity index (χ2n) is 12.0. The Kier molecular flexibility index (Phi) is 13.9. The van der Waals surface area contributed by atoms with Gasteiger partial charge in [-0.3, -0.25) is 10.1 Å². The fourth-order valence-corrected chi connectivity index (χ4v) is 11.3. The molecule has 0 aromatic heterocycles. The minimum atomic E-state index is -2.16. The molecule has 2 atom stereocenters. The van der Waals surface area contributed by atoms with Crippen molar-refractivity contribution in [2.45, 2.75) is 69.9 Å². The van der Waals surface area contributed by atoms with Crippen LogP contribution in [0.25, 0.3) is 0 Å². The van der Waals surface area contributed by atoms with Crippen LogP contribution in [-0.2, 0) is 4.79 Å². The SMILES string of the molecule is O=C(CCCCCCCCCC[PH](c1ccccc1)(c1ccccc1)c1ccccc1)N[C@H](CO)[C@H](O)c1ccc([N+](=O)[O-])cc1. The first-order chi connectivity index (χ1) is 22.5. The minimum absolute atomic E-state index is 0.0848. The van der Waals surface area contributed by atoms with E-state index in [-0.39, 0.29) is 11.6 Å². The van der Waals surface area contributed by atoms with E-state index in [1.54, 1.807) is 0 Å². The Morgan fingerprint density at radius 1 is 0.674 bits per heavy atom. The average Bonchev–Trinajstić information content (AvgIpc) is 3.10. The van der Waals surface area contributed by atoms with Crippen molar-refractivity contribution in [2.24, 2.45) is 0 Å². The number of amides is 1. The zero-order valence-corrected chi connectivity index (χ0v) is 27.5. The van der Waals surface area contributed by atoms with Gasteiger partial charge < -0.3 is 10.2 Å². The molecule has 0 aliphatic rings. The van der Waals surface area contributed by atoms with Crippen LogP contribution in [-0.4, -0.2) is 39.9 Å². The number of unbranched alkanes of at least 4 members (excludes halogenated alkanes) is 7. The van der Waals surface area contributed by atoms with E-state index in [2.05, 4.69) is 96.3 Å². The summed E-state index contributed by atoms with van der Waals surface area (Å²) < 4.78 is 0. The first kappa shape index (κ1) is 35.0. The molecule has 0 spiro atoms. The third-order valence-corrected chi connectivity index (χ3v) is 13.9. The maximum atomic E-state index is 12.5. The van der Waals surface area contributed by atoms with E-state index in [0.717, 1.165) is 25.7 Å². The molecule has 0 saturated carbocycles. The topological polar surface area (TPSA) is 113 Å². The van der Waals surface area contributed by atoms with E-state index in [0.29, 0.717) is 12.0 Å². The third-order valence-electron chi connectivity index (χ3n) is 8.88. The summed E-state index contributed by atoms with van der Waals surface area (Å²) in [6.07, 6.45) is 9.01. The molecule has 0 aliphatic carbocycles. The van der Waals surface area contributed by atoms with Gasteiger partial charge in [0.25, 0.3) is 5.69 Å². The first-order valence-corrected chi connectivity index (χ1v) is 18.7. The van der Waals surface area contributed by atoms with E-state index in [9.17, 15) is 25.1 Å². The summed E-state index contributed by atoms with van der Waals surface area (Å²) in [6.45, 7) is -0.435. The van der Waals surface area contributed by atoms with E-state index in [1.165, 1.54) is 72.0 Å². The van der Waals surface area contributed by atoms with Gasteiger partial charge in [-0.05, 0) is 17.7 Å². The van der Waals surface area contributed by atoms with Gasteiger partial charge in [-0.1, -0.05) is 0 Å². The van der Waals surface area contributed by atoms with Crippen molar-refractivity contribution < 1.29 is 19.9 Å². The summed E-state index contributed by atoms with van der Waals surface area (Å²) in [5.74, 6) is -0.220. The molecule has 0 fully saturated rings. The third kappa shape index (κ3) is 9.56. The zero-order valence-electron chi connectivity index (χ0n) is 26.5. The smallest absolute Gasteiger partial charge is 0.394 e. The van der Waals surface area contributed by atoms with E-state index in [4.69, 9.17) is 0 Å². The van der Waals surface area contributed by atoms with Gasteiger partial charge in [-0.15, -0.1) is 0 Å². The van der Waals surface area contributed by atoms with Gasteiger partial charge in [-0.25, -0.2) is 0 Å². The Hall–Kier alpha value is -3.90. The fraction of sp³-hybridized carbons (Fsp3) is 0.342. The van der Waals surface area contributed by atoms with Gasteiger partial charge in [0.1, 0.15) is 6.10 Å². The van der Waals surface area contributed by atoms with Crippen LogP contribution in [0.1, 0.15) is 69.5 Å². The Balaban J connectivity index is 1.18. The van der Waals surface area contributed by atoms with Gasteiger partial charge >= 0.3 is 194 Å². The molecule has 1 amide bonds. The molecule has 0 saturated heterocycles. The van der Waals surface area contributed by atoms with Crippen molar-refractivity contribution in [2.75, 3.05) is 12.8 Å². The Labute approximate surface area is 273 Å². The van der Waals surface area contributed by atoms with Crippen LogP contribution in [0.15, 0.2) is 115 Å². The molecule has 0 heterocycles. The Morgan fingerprint density at radius 2 is 1.11 bits per heavy atom. The minimum Gasteiger partial charge on any atom is -0.394 e. The molecule has 8 heteroatoms. The van der Waals surface area contributed by atoms with E-state index in [1.807, 2.05) is 0 Å². The second-order valence-corrected chi connectivity index (χ2v) is 16.0. The van der Waals surface area contributed by atoms with Crippen LogP contribution >= 0.6 is 7.26 Å². The molecule has 46 heavy (non-hydrogen) atoms. The number of nitrogens with one attached hydrogen (secondary N) is 1. The Bertz CT molecular complexity index is 1370. The number of carbonyl (C=O) groups excluding carboxylic acids is 1. The van der Waals surface area contributed by atoms with Crippen LogP contribution < -0.4 is 21.2 Å². The predicted octanol–water partition coefficient (Wildman–Crippen LogP) is 6.34. The van der Waals surface area contributed by atoms with Crippen molar-refractivity contribution in [1.82, 2.24) is 5.32 Å². The number of nitro groups is 1. The van der Waals surface area contributed by atoms with Gasteiger partial charge in [-0.2, -0.15) is 0 Å². The summed E-state index contributed by atoms with van der Waals surface area (Å²) in [4.78, 5) is 22.8. The average molecular weight is 643 g/mol. The van der Waals surface area contributed by atoms with E-state index < -0.39 is 30.9 Å². The number of benzene rings is 4. The number of hydrogen-bond acceptors (Lipinski definition) is 5. The van der Waals surface area contributed by atoms with Gasteiger partial charge in [0.05, 0.1) is 17.6 Å². The predicted molar refractivity (Wildman–Crippen MR) is 190 cm³/mol. The van der Waals surface area contributed by atoms with Gasteiger partial charge in [0.15, 0.2) is 0 Å². The van der Waals surface area contributed by atoms with Crippen LogP contribution in [0.3, 0.4) is 0 Å². The molecule has 7 nitrogen and oxygen atoms in total. The van der Waals surface area contributed by atoms with Crippen LogP contribution in [0.2, 0.25) is 0 Å². The molecule has 4 aromatic carbocycles. The molecule has 0 aliphatic heterocycles. The summed E-state index contributed by atoms with van der Waals surface area (Å²) in [6, 6.07) is 37.8. The molecule has 0 bridgehead atoms. The van der Waals surface area contributed by atoms with Crippen LogP contribution in [0.4, 0.5) is 5.69 Å². The quantitative estimate of drug-likeness (QED) is 0.0478. The van der Waals surface area contributed by atoms with E-state index >= 15 is 0 Å². The van der Waals surface area contributed by atoms with Gasteiger partial charge in [0.2, 0.25) is 0 Å². The number of aliphatic hydroxyl groups is 2. The number of nitrogens with zero attached hydrogens (tertiary/aromatic N) is 1. The monoisotopic (exact) mass is 642 g/mol. The van der Waals surface area contributed by atoms with Crippen molar-refractivity contribution in [3.63, 3.8) is 0 Å². The Morgan fingerprint density at radius 3 is 1.54 bits per heavy atom. The van der Waals surface area contributed by atoms with Crippen molar-refractivity contribution in [3.8, 4) is 0 Å². The van der Waals surface area contributed by atoms with Gasteiger partial charge in [0, 0.05) is 12.1 Å². The summed E-state index contributed by atoms with van der Waals surface area (Å²) in [5.41, 5.74) is 0.316. The number of nitro benzene ring substituents is 1. The van der Waals surface area contributed by atoms with Crippen LogP contribution in [0, 0.1) is 10.1 Å². The fourth-order valence-electron chi connectivity index (χ4n) is 6.37. The summed E-state index contributed by atoms with van der Waals surface area (Å²) in [7, 11) is -2.16. The normalized spacial score (nSPS) is 13.1. The second kappa shape index (κ2) is 18.3. The van der Waals surface area contributed by atoms with Crippen molar-refractivity contribution in [3.05, 3.63) is 131 Å². The maximum absolute atomic E-state index is 12.5. The zero-order chi connectivity index (χ0) is 32.6. The number of hydrogen-bond donors (Lipinski definition) is 3. The number of non-ortho nitro benzene ring substituents is 1. The number of carbonyl (C=O) groups is 1. The standard InChI is InChI=1S/C38H47N2O5P/c41-30-36(38(43)31-25-27-32(28-26-31)40(44)45)39-37(42)24-16-5-3-1-2-4-6-17-29-46(33-18-10-7-11-19-33,34-20-12-8-13-21-34)35-22-14-9-15-23-35/h7-15,18-23,25-28,36,38,41,43,46H,1-6,16-17,24,29-30H2,(H,39,42)/t36-,38-/m1/s1. The molecular formula is C38H47N2O5P. The number of rotatable bonds is 19. The molecule has 0 unspecified atom stereocenters. The van der Waals surface area contributed by atoms with Crippen molar-refractivity contribution >= 4 is 34.8 Å². The molecule has 0 radical (unpaired) electrons. The molecule has 4 rings (SSSR count).